The second-order valence-corrected chi connectivity index (χ2v) is 4.76. The van der Waals surface area contributed by atoms with Crippen LogP contribution in [0, 0.1) is 0 Å². The van der Waals surface area contributed by atoms with E-state index in [1.54, 1.807) is 5.38 Å². The quantitative estimate of drug-likeness (QED) is 0.834. The molecule has 0 bridgehead atoms. The lowest BCUT2D eigenvalue weighted by atomic mass is 10.1. The topological polar surface area (TPSA) is 60.5 Å². The van der Waals surface area contributed by atoms with Gasteiger partial charge in [0.05, 0.1) is 13.2 Å². The second-order valence-electron chi connectivity index (χ2n) is 3.90. The molecule has 1 aliphatic rings. The van der Waals surface area contributed by atoms with Crippen molar-refractivity contribution in [3.63, 3.8) is 0 Å². The van der Waals surface area contributed by atoms with Gasteiger partial charge >= 0.3 is 5.97 Å². The Labute approximate surface area is 104 Å². The third-order valence-electron chi connectivity index (χ3n) is 2.65. The molecular weight excluding hydrogens is 240 g/mol. The third-order valence-corrected chi connectivity index (χ3v) is 3.45. The van der Waals surface area contributed by atoms with Crippen LogP contribution in [0.3, 0.4) is 0 Å². The molecule has 1 aliphatic heterocycles. The number of hydrogen-bond donors (Lipinski definition) is 1. The summed E-state index contributed by atoms with van der Waals surface area (Å²) in [5.74, 6) is -0.400. The molecule has 1 saturated heterocycles. The van der Waals surface area contributed by atoms with Crippen LogP contribution in [0.15, 0.2) is 5.38 Å². The van der Waals surface area contributed by atoms with E-state index in [4.69, 9.17) is 4.74 Å². The molecule has 0 spiro atoms. The summed E-state index contributed by atoms with van der Waals surface area (Å²) in [5, 5.41) is 5.61. The first-order valence-electron chi connectivity index (χ1n) is 5.69. The van der Waals surface area contributed by atoms with E-state index in [2.05, 4.69) is 15.0 Å². The molecule has 2 rings (SSSR count). The van der Waals surface area contributed by atoms with Gasteiger partial charge in [-0.15, -0.1) is 11.3 Å². The van der Waals surface area contributed by atoms with E-state index in [0.717, 1.165) is 31.1 Å². The molecule has 1 N–H and O–H groups in total. The van der Waals surface area contributed by atoms with Crippen molar-refractivity contribution < 1.29 is 14.3 Å². The number of esters is 1. The van der Waals surface area contributed by atoms with Crippen molar-refractivity contribution in [2.45, 2.75) is 25.4 Å². The highest BCUT2D eigenvalue weighted by Crippen LogP contribution is 2.18. The largest absolute Gasteiger partial charge is 0.464 e. The van der Waals surface area contributed by atoms with Gasteiger partial charge in [0.2, 0.25) is 0 Å². The van der Waals surface area contributed by atoms with Gasteiger partial charge in [-0.3, -0.25) is 0 Å². The van der Waals surface area contributed by atoms with E-state index >= 15 is 0 Å². The number of hydrogen-bond acceptors (Lipinski definition) is 6. The molecule has 17 heavy (non-hydrogen) atoms. The Balaban J connectivity index is 1.82. The van der Waals surface area contributed by atoms with E-state index < -0.39 is 5.97 Å². The first-order chi connectivity index (χ1) is 8.29. The zero-order chi connectivity index (χ0) is 12.1. The van der Waals surface area contributed by atoms with Crippen molar-refractivity contribution in [3.8, 4) is 0 Å². The molecule has 0 radical (unpaired) electrons. The van der Waals surface area contributed by atoms with Gasteiger partial charge < -0.3 is 14.8 Å². The molecule has 0 aromatic carbocycles. The summed E-state index contributed by atoms with van der Waals surface area (Å²) in [6.07, 6.45) is 3.72. The number of rotatable bonds is 4. The lowest BCUT2D eigenvalue weighted by Gasteiger charge is -2.22. The Kier molecular flexibility index (Phi) is 4.33. The van der Waals surface area contributed by atoms with Crippen molar-refractivity contribution in [1.29, 1.82) is 0 Å². The summed E-state index contributed by atoms with van der Waals surface area (Å²) in [7, 11) is 1.35. The zero-order valence-corrected chi connectivity index (χ0v) is 10.6. The monoisotopic (exact) mass is 256 g/mol. The molecule has 6 heteroatoms. The van der Waals surface area contributed by atoms with Gasteiger partial charge in [0, 0.05) is 18.5 Å². The summed E-state index contributed by atoms with van der Waals surface area (Å²) in [6, 6.07) is 0. The Bertz CT molecular complexity index is 375. The van der Waals surface area contributed by atoms with Gasteiger partial charge in [-0.1, -0.05) is 0 Å². The average molecular weight is 256 g/mol. The molecule has 1 atom stereocenters. The normalized spacial score (nSPS) is 19.9. The standard InChI is InChI=1S/C11H16N2O3S/c1-15-10(14)9-7-17-11(13-9)12-6-8-4-2-3-5-16-8/h7-8H,2-6H2,1H3,(H,12,13). The smallest absolute Gasteiger partial charge is 0.357 e. The van der Waals surface area contributed by atoms with Crippen LogP contribution >= 0.6 is 11.3 Å². The molecular formula is C11H16N2O3S. The van der Waals surface area contributed by atoms with Crippen molar-refractivity contribution in [3.05, 3.63) is 11.1 Å². The number of carbonyl (C=O) groups excluding carboxylic acids is 1. The number of nitrogens with one attached hydrogen (secondary N) is 1. The lowest BCUT2D eigenvalue weighted by molar-refractivity contribution is 0.0247. The number of anilines is 1. The van der Waals surface area contributed by atoms with Gasteiger partial charge in [-0.2, -0.15) is 0 Å². The molecule has 0 amide bonds. The first kappa shape index (κ1) is 12.3. The molecule has 5 nitrogen and oxygen atoms in total. The van der Waals surface area contributed by atoms with E-state index in [1.165, 1.54) is 24.9 Å². The average Bonchev–Trinajstić information content (AvgIpc) is 2.85. The number of nitrogens with zero attached hydrogens (tertiary/aromatic N) is 1. The Hall–Kier alpha value is -1.14. The van der Waals surface area contributed by atoms with Crippen LogP contribution in [0.4, 0.5) is 5.13 Å². The maximum atomic E-state index is 11.2. The summed E-state index contributed by atoms with van der Waals surface area (Å²) < 4.78 is 10.2. The highest BCUT2D eigenvalue weighted by molar-refractivity contribution is 7.13. The molecule has 0 aliphatic carbocycles. The van der Waals surface area contributed by atoms with E-state index in [-0.39, 0.29) is 6.10 Å². The number of thiazole rings is 1. The molecule has 1 aromatic rings. The summed E-state index contributed by atoms with van der Waals surface area (Å²) in [5.41, 5.74) is 0.351. The van der Waals surface area contributed by atoms with E-state index in [0.29, 0.717) is 5.69 Å². The molecule has 1 unspecified atom stereocenters. The number of carbonyl (C=O) groups is 1. The van der Waals surface area contributed by atoms with Crippen molar-refractivity contribution in [1.82, 2.24) is 4.98 Å². The zero-order valence-electron chi connectivity index (χ0n) is 9.77. The molecule has 94 valence electrons. The van der Waals surface area contributed by atoms with Crippen LogP contribution in [0.25, 0.3) is 0 Å². The van der Waals surface area contributed by atoms with Crippen molar-refractivity contribution in [2.24, 2.45) is 0 Å². The van der Waals surface area contributed by atoms with Crippen LogP contribution in [0.1, 0.15) is 29.8 Å². The molecule has 0 saturated carbocycles. The second kappa shape index (κ2) is 5.97. The van der Waals surface area contributed by atoms with Gasteiger partial charge in [0.15, 0.2) is 10.8 Å². The van der Waals surface area contributed by atoms with Crippen LogP contribution in [-0.2, 0) is 9.47 Å². The third kappa shape index (κ3) is 3.41. The number of methoxy groups -OCH3 is 1. The Morgan fingerprint density at radius 3 is 3.29 bits per heavy atom. The Morgan fingerprint density at radius 2 is 2.59 bits per heavy atom. The fraction of sp³-hybridized carbons (Fsp3) is 0.636. The van der Waals surface area contributed by atoms with Crippen LogP contribution < -0.4 is 5.32 Å². The minimum absolute atomic E-state index is 0.259. The van der Waals surface area contributed by atoms with Crippen LogP contribution in [0.2, 0.25) is 0 Å². The minimum atomic E-state index is -0.400. The van der Waals surface area contributed by atoms with Crippen LogP contribution in [-0.4, -0.2) is 37.3 Å². The van der Waals surface area contributed by atoms with Crippen LogP contribution in [0.5, 0.6) is 0 Å². The highest BCUT2D eigenvalue weighted by Gasteiger charge is 2.15. The van der Waals surface area contributed by atoms with Gasteiger partial charge in [0.25, 0.3) is 0 Å². The van der Waals surface area contributed by atoms with E-state index in [1.807, 2.05) is 0 Å². The SMILES string of the molecule is COC(=O)c1csc(NCC2CCCCO2)n1. The van der Waals surface area contributed by atoms with Gasteiger partial charge in [-0.25, -0.2) is 9.78 Å². The predicted molar refractivity (Wildman–Crippen MR) is 65.5 cm³/mol. The maximum absolute atomic E-state index is 11.2. The number of aromatic nitrogens is 1. The summed E-state index contributed by atoms with van der Waals surface area (Å²) >= 11 is 1.40. The highest BCUT2D eigenvalue weighted by atomic mass is 32.1. The fourth-order valence-electron chi connectivity index (χ4n) is 1.72. The minimum Gasteiger partial charge on any atom is -0.464 e. The first-order valence-corrected chi connectivity index (χ1v) is 6.57. The molecule has 2 heterocycles. The number of ether oxygens (including phenoxy) is 2. The van der Waals surface area contributed by atoms with Crippen molar-refractivity contribution in [2.75, 3.05) is 25.6 Å². The van der Waals surface area contributed by atoms with Gasteiger partial charge in [-0.05, 0) is 19.3 Å². The maximum Gasteiger partial charge on any atom is 0.357 e. The Morgan fingerprint density at radius 1 is 1.71 bits per heavy atom. The molecule has 1 aromatic heterocycles. The molecule has 1 fully saturated rings. The van der Waals surface area contributed by atoms with Crippen molar-refractivity contribution >= 4 is 22.4 Å². The fourth-order valence-corrected chi connectivity index (χ4v) is 2.41. The predicted octanol–water partition coefficient (Wildman–Crippen LogP) is 1.91. The lowest BCUT2D eigenvalue weighted by Crippen LogP contribution is -2.26. The summed E-state index contributed by atoms with van der Waals surface area (Å²) in [4.78, 5) is 15.3. The summed E-state index contributed by atoms with van der Waals surface area (Å²) in [6.45, 7) is 1.59. The van der Waals surface area contributed by atoms with Gasteiger partial charge in [0.1, 0.15) is 0 Å². The van der Waals surface area contributed by atoms with E-state index in [9.17, 15) is 4.79 Å².